The Morgan fingerprint density at radius 2 is 1.70 bits per heavy atom. The first kappa shape index (κ1) is 20.9. The number of nitrogens with zero attached hydrogens (tertiary/aromatic N) is 1. The first-order valence-corrected chi connectivity index (χ1v) is 10.5. The van der Waals surface area contributed by atoms with E-state index in [2.05, 4.69) is 10.9 Å². The SMILES string of the molecule is CN(C)S(=O)(=O)c1cccc(C(=O)NNC(=O)CCSc2ccccc2)c1. The molecule has 0 atom stereocenters. The lowest BCUT2D eigenvalue weighted by Crippen LogP contribution is -2.41. The van der Waals surface area contributed by atoms with Gasteiger partial charge in [0.05, 0.1) is 4.90 Å². The first-order valence-electron chi connectivity index (χ1n) is 8.10. The highest BCUT2D eigenvalue weighted by molar-refractivity contribution is 7.99. The molecule has 0 fully saturated rings. The molecule has 9 heteroatoms. The quantitative estimate of drug-likeness (QED) is 0.540. The Balaban J connectivity index is 1.85. The summed E-state index contributed by atoms with van der Waals surface area (Å²) in [6.07, 6.45) is 0.231. The standard InChI is InChI=1S/C18H21N3O4S2/c1-21(2)27(24,25)16-10-6-7-14(13-16)18(23)20-19-17(22)11-12-26-15-8-4-3-5-9-15/h3-10,13H,11-12H2,1-2H3,(H,19,22)(H,20,23). The highest BCUT2D eigenvalue weighted by atomic mass is 32.2. The monoisotopic (exact) mass is 407 g/mol. The number of hydrazine groups is 1. The zero-order valence-corrected chi connectivity index (χ0v) is 16.6. The third-order valence-electron chi connectivity index (χ3n) is 3.53. The summed E-state index contributed by atoms with van der Waals surface area (Å²) in [6, 6.07) is 15.3. The molecule has 2 rings (SSSR count). The Kier molecular flexibility index (Phi) is 7.40. The number of carbonyl (C=O) groups is 2. The normalized spacial score (nSPS) is 11.2. The number of rotatable bonds is 7. The highest BCUT2D eigenvalue weighted by Gasteiger charge is 2.18. The number of hydrogen-bond donors (Lipinski definition) is 2. The summed E-state index contributed by atoms with van der Waals surface area (Å²) in [5.74, 6) is -0.346. The minimum atomic E-state index is -3.64. The number of carbonyl (C=O) groups excluding carboxylic acids is 2. The van der Waals surface area contributed by atoms with Gasteiger partial charge in [-0.05, 0) is 30.3 Å². The van der Waals surface area contributed by atoms with Gasteiger partial charge in [0.1, 0.15) is 0 Å². The maximum absolute atomic E-state index is 12.2. The van der Waals surface area contributed by atoms with Crippen molar-refractivity contribution in [3.63, 3.8) is 0 Å². The largest absolute Gasteiger partial charge is 0.273 e. The maximum Gasteiger partial charge on any atom is 0.269 e. The van der Waals surface area contributed by atoms with Gasteiger partial charge < -0.3 is 0 Å². The van der Waals surface area contributed by atoms with Crippen LogP contribution >= 0.6 is 11.8 Å². The molecule has 0 radical (unpaired) electrons. The van der Waals surface area contributed by atoms with Crippen LogP contribution in [0.4, 0.5) is 0 Å². The van der Waals surface area contributed by atoms with Gasteiger partial charge in [-0.15, -0.1) is 11.8 Å². The number of sulfonamides is 1. The topological polar surface area (TPSA) is 95.6 Å². The van der Waals surface area contributed by atoms with Crippen LogP contribution in [0.5, 0.6) is 0 Å². The van der Waals surface area contributed by atoms with Gasteiger partial charge >= 0.3 is 0 Å². The molecule has 144 valence electrons. The fraction of sp³-hybridized carbons (Fsp3) is 0.222. The van der Waals surface area contributed by atoms with Crippen molar-refractivity contribution < 1.29 is 18.0 Å². The van der Waals surface area contributed by atoms with Gasteiger partial charge in [0, 0.05) is 36.7 Å². The lowest BCUT2D eigenvalue weighted by Gasteiger charge is -2.12. The molecule has 0 spiro atoms. The van der Waals surface area contributed by atoms with E-state index in [1.54, 1.807) is 11.8 Å². The summed E-state index contributed by atoms with van der Waals surface area (Å²) in [4.78, 5) is 25.1. The van der Waals surface area contributed by atoms with Crippen molar-refractivity contribution in [3.8, 4) is 0 Å². The minimum Gasteiger partial charge on any atom is -0.273 e. The summed E-state index contributed by atoms with van der Waals surface area (Å²) < 4.78 is 25.3. The van der Waals surface area contributed by atoms with Crippen molar-refractivity contribution in [2.24, 2.45) is 0 Å². The predicted molar refractivity (Wildman–Crippen MR) is 105 cm³/mol. The molecule has 0 saturated heterocycles. The molecular formula is C18H21N3O4S2. The van der Waals surface area contributed by atoms with Gasteiger partial charge in [-0.25, -0.2) is 12.7 Å². The Hall–Kier alpha value is -2.36. The Bertz CT molecular complexity index is 900. The maximum atomic E-state index is 12.2. The second kappa shape index (κ2) is 9.54. The van der Waals surface area contributed by atoms with E-state index in [1.165, 1.54) is 38.4 Å². The third-order valence-corrected chi connectivity index (χ3v) is 6.36. The van der Waals surface area contributed by atoms with Crippen LogP contribution in [-0.2, 0) is 14.8 Å². The van der Waals surface area contributed by atoms with Crippen LogP contribution in [0.1, 0.15) is 16.8 Å². The average molecular weight is 408 g/mol. The van der Waals surface area contributed by atoms with Crippen LogP contribution in [0, 0.1) is 0 Å². The fourth-order valence-corrected chi connectivity index (χ4v) is 3.87. The van der Waals surface area contributed by atoms with Gasteiger partial charge in [0.2, 0.25) is 15.9 Å². The van der Waals surface area contributed by atoms with Crippen LogP contribution < -0.4 is 10.9 Å². The third kappa shape index (κ3) is 6.09. The predicted octanol–water partition coefficient (Wildman–Crippen LogP) is 1.88. The van der Waals surface area contributed by atoms with E-state index in [0.29, 0.717) is 5.75 Å². The molecule has 0 aromatic heterocycles. The molecule has 2 aromatic rings. The second-order valence-electron chi connectivity index (χ2n) is 5.73. The van der Waals surface area contributed by atoms with Gasteiger partial charge in [-0.3, -0.25) is 20.4 Å². The summed E-state index contributed by atoms with van der Waals surface area (Å²) in [5.41, 5.74) is 4.77. The van der Waals surface area contributed by atoms with E-state index in [4.69, 9.17) is 0 Å². The summed E-state index contributed by atoms with van der Waals surface area (Å²) in [5, 5.41) is 0. The van der Waals surface area contributed by atoms with Crippen LogP contribution in [0.2, 0.25) is 0 Å². The van der Waals surface area contributed by atoms with Crippen molar-refractivity contribution in [1.29, 1.82) is 0 Å². The van der Waals surface area contributed by atoms with E-state index in [0.717, 1.165) is 9.20 Å². The fourth-order valence-electron chi connectivity index (χ4n) is 2.05. The van der Waals surface area contributed by atoms with Crippen LogP contribution in [0.3, 0.4) is 0 Å². The molecule has 2 amide bonds. The molecule has 0 aliphatic heterocycles. The van der Waals surface area contributed by atoms with Crippen molar-refractivity contribution in [2.45, 2.75) is 16.2 Å². The highest BCUT2D eigenvalue weighted by Crippen LogP contribution is 2.17. The summed E-state index contributed by atoms with van der Waals surface area (Å²) in [6.45, 7) is 0. The number of amides is 2. The summed E-state index contributed by atoms with van der Waals surface area (Å²) in [7, 11) is -0.814. The molecule has 0 aliphatic carbocycles. The van der Waals surface area contributed by atoms with Crippen molar-refractivity contribution in [3.05, 3.63) is 60.2 Å². The number of thioether (sulfide) groups is 1. The average Bonchev–Trinajstić information content (AvgIpc) is 2.67. The van der Waals surface area contributed by atoms with Crippen LogP contribution in [0.25, 0.3) is 0 Å². The van der Waals surface area contributed by atoms with Crippen LogP contribution in [-0.4, -0.2) is 44.4 Å². The number of nitrogens with one attached hydrogen (secondary N) is 2. The Morgan fingerprint density at radius 3 is 2.37 bits per heavy atom. The molecular weight excluding hydrogens is 386 g/mol. The Labute approximate surface area is 163 Å². The second-order valence-corrected chi connectivity index (χ2v) is 9.05. The zero-order chi connectivity index (χ0) is 19.9. The lowest BCUT2D eigenvalue weighted by molar-refractivity contribution is -0.121. The molecule has 2 N–H and O–H groups in total. The molecule has 0 unspecified atom stereocenters. The molecule has 2 aromatic carbocycles. The van der Waals surface area contributed by atoms with E-state index >= 15 is 0 Å². The van der Waals surface area contributed by atoms with E-state index in [1.807, 2.05) is 30.3 Å². The van der Waals surface area contributed by atoms with E-state index in [9.17, 15) is 18.0 Å². The first-order chi connectivity index (χ1) is 12.8. The Morgan fingerprint density at radius 1 is 1.00 bits per heavy atom. The van der Waals surface area contributed by atoms with Crippen LogP contribution in [0.15, 0.2) is 64.4 Å². The zero-order valence-electron chi connectivity index (χ0n) is 15.0. The molecule has 7 nitrogen and oxygen atoms in total. The van der Waals surface area contributed by atoms with Crippen molar-refractivity contribution in [2.75, 3.05) is 19.8 Å². The number of benzene rings is 2. The lowest BCUT2D eigenvalue weighted by atomic mass is 10.2. The molecule has 0 bridgehead atoms. The molecule has 0 heterocycles. The van der Waals surface area contributed by atoms with Gasteiger partial charge in [-0.2, -0.15) is 0 Å². The van der Waals surface area contributed by atoms with Crippen molar-refractivity contribution >= 4 is 33.6 Å². The van der Waals surface area contributed by atoms with E-state index < -0.39 is 15.9 Å². The number of hydrogen-bond acceptors (Lipinski definition) is 5. The molecule has 0 aliphatic rings. The van der Waals surface area contributed by atoms with E-state index in [-0.39, 0.29) is 22.8 Å². The molecule has 0 saturated carbocycles. The summed E-state index contributed by atoms with van der Waals surface area (Å²) >= 11 is 1.54. The van der Waals surface area contributed by atoms with Gasteiger partial charge in [0.15, 0.2) is 0 Å². The van der Waals surface area contributed by atoms with Gasteiger partial charge in [-0.1, -0.05) is 24.3 Å². The van der Waals surface area contributed by atoms with Crippen molar-refractivity contribution in [1.82, 2.24) is 15.2 Å². The minimum absolute atomic E-state index is 0.00531. The smallest absolute Gasteiger partial charge is 0.269 e. The molecule has 27 heavy (non-hydrogen) atoms. The van der Waals surface area contributed by atoms with Gasteiger partial charge in [0.25, 0.3) is 5.91 Å².